The van der Waals surface area contributed by atoms with E-state index >= 15 is 0 Å². The van der Waals surface area contributed by atoms with Crippen LogP contribution in [-0.2, 0) is 4.84 Å². The van der Waals surface area contributed by atoms with Crippen molar-refractivity contribution >= 4 is 23.2 Å². The molecule has 1 fully saturated rings. The number of aromatic nitrogens is 1. The summed E-state index contributed by atoms with van der Waals surface area (Å²) < 4.78 is 0. The Balaban J connectivity index is 2.08. The van der Waals surface area contributed by atoms with Crippen LogP contribution in [0.15, 0.2) is 12.3 Å². The molecule has 7 nitrogen and oxygen atoms in total. The lowest BCUT2D eigenvalue weighted by molar-refractivity contribution is -0.385. The highest BCUT2D eigenvalue weighted by Crippen LogP contribution is 2.22. The fourth-order valence-corrected chi connectivity index (χ4v) is 2.11. The fraction of sp³-hybridized carbons (Fsp3) is 0.455. The summed E-state index contributed by atoms with van der Waals surface area (Å²) in [4.78, 5) is 30.8. The summed E-state index contributed by atoms with van der Waals surface area (Å²) in [5.74, 6) is -0.692. The normalized spacial score (nSPS) is 15.4. The molecule has 1 amide bonds. The Morgan fingerprint density at radius 3 is 2.84 bits per heavy atom. The molecule has 1 N–H and O–H groups in total. The summed E-state index contributed by atoms with van der Waals surface area (Å²) in [6.45, 7) is 0. The molecule has 0 spiro atoms. The molecule has 1 aromatic rings. The first-order chi connectivity index (χ1) is 9.08. The molecule has 1 saturated carbocycles. The first kappa shape index (κ1) is 13.7. The van der Waals surface area contributed by atoms with Crippen molar-refractivity contribution < 1.29 is 14.6 Å². The molecule has 0 aliphatic heterocycles. The lowest BCUT2D eigenvalue weighted by Gasteiger charge is -2.11. The lowest BCUT2D eigenvalue weighted by atomic mass is 10.2. The number of nitrogens with zero attached hydrogens (tertiary/aromatic N) is 2. The van der Waals surface area contributed by atoms with Gasteiger partial charge in [-0.3, -0.25) is 19.7 Å². The maximum absolute atomic E-state index is 11.9. The number of nitro groups is 1. The Labute approximate surface area is 114 Å². The maximum Gasteiger partial charge on any atom is 0.300 e. The number of amides is 1. The molecule has 2 rings (SSSR count). The van der Waals surface area contributed by atoms with E-state index in [4.69, 9.17) is 16.4 Å². The van der Waals surface area contributed by atoms with Crippen molar-refractivity contribution in [3.8, 4) is 0 Å². The van der Waals surface area contributed by atoms with Crippen LogP contribution in [0, 0.1) is 10.1 Å². The molecular weight excluding hydrogens is 274 g/mol. The van der Waals surface area contributed by atoms with Crippen molar-refractivity contribution in [2.45, 2.75) is 31.8 Å². The van der Waals surface area contributed by atoms with Crippen molar-refractivity contribution in [2.75, 3.05) is 0 Å². The van der Waals surface area contributed by atoms with Crippen LogP contribution in [0.2, 0.25) is 5.15 Å². The predicted molar refractivity (Wildman–Crippen MR) is 66.7 cm³/mol. The standard InChI is InChI=1S/C11H12ClN3O4/c12-10-5-8(9(6-13-10)15(17)18)11(16)14-19-7-3-1-2-4-7/h5-7H,1-4H2,(H,14,16). The molecule has 0 bridgehead atoms. The lowest BCUT2D eigenvalue weighted by Crippen LogP contribution is -2.28. The highest BCUT2D eigenvalue weighted by atomic mass is 35.5. The van der Waals surface area contributed by atoms with Gasteiger partial charge < -0.3 is 0 Å². The Hall–Kier alpha value is -1.73. The number of carbonyl (C=O) groups is 1. The van der Waals surface area contributed by atoms with Gasteiger partial charge >= 0.3 is 0 Å². The van der Waals surface area contributed by atoms with Gasteiger partial charge in [0.25, 0.3) is 11.6 Å². The number of pyridine rings is 1. The molecule has 0 atom stereocenters. The van der Waals surface area contributed by atoms with Crippen LogP contribution in [0.4, 0.5) is 5.69 Å². The summed E-state index contributed by atoms with van der Waals surface area (Å²) in [7, 11) is 0. The smallest absolute Gasteiger partial charge is 0.270 e. The highest BCUT2D eigenvalue weighted by molar-refractivity contribution is 6.29. The molecule has 19 heavy (non-hydrogen) atoms. The van der Waals surface area contributed by atoms with Gasteiger partial charge in [0.1, 0.15) is 16.9 Å². The van der Waals surface area contributed by atoms with E-state index in [1.807, 2.05) is 0 Å². The number of nitrogens with one attached hydrogen (secondary N) is 1. The Morgan fingerprint density at radius 2 is 2.21 bits per heavy atom. The number of hydroxylamine groups is 1. The quantitative estimate of drug-likeness (QED) is 0.520. The van der Waals surface area contributed by atoms with Crippen molar-refractivity contribution in [1.82, 2.24) is 10.5 Å². The van der Waals surface area contributed by atoms with Crippen molar-refractivity contribution in [3.63, 3.8) is 0 Å². The minimum absolute atomic E-state index is 0.0108. The zero-order valence-electron chi connectivity index (χ0n) is 9.97. The zero-order chi connectivity index (χ0) is 13.8. The molecule has 8 heteroatoms. The summed E-state index contributed by atoms with van der Waals surface area (Å²) in [5.41, 5.74) is 1.66. The number of halogens is 1. The van der Waals surface area contributed by atoms with E-state index in [9.17, 15) is 14.9 Å². The number of rotatable bonds is 4. The van der Waals surface area contributed by atoms with E-state index in [0.717, 1.165) is 37.9 Å². The Morgan fingerprint density at radius 1 is 1.53 bits per heavy atom. The SMILES string of the molecule is O=C(NOC1CCCC1)c1cc(Cl)ncc1[N+](=O)[O-]. The molecule has 0 saturated heterocycles. The molecule has 102 valence electrons. The Kier molecular flexibility index (Phi) is 4.28. The number of carbonyl (C=O) groups excluding carboxylic acids is 1. The zero-order valence-corrected chi connectivity index (χ0v) is 10.7. The summed E-state index contributed by atoms with van der Waals surface area (Å²) in [6.07, 6.45) is 4.79. The van der Waals surface area contributed by atoms with Gasteiger partial charge in [-0.2, -0.15) is 0 Å². The van der Waals surface area contributed by atoms with Gasteiger partial charge in [-0.25, -0.2) is 10.5 Å². The van der Waals surface area contributed by atoms with Crippen molar-refractivity contribution in [3.05, 3.63) is 33.1 Å². The second-order valence-electron chi connectivity index (χ2n) is 4.24. The monoisotopic (exact) mass is 285 g/mol. The second kappa shape index (κ2) is 5.94. The highest BCUT2D eigenvalue weighted by Gasteiger charge is 2.23. The van der Waals surface area contributed by atoms with Crippen LogP contribution < -0.4 is 5.48 Å². The van der Waals surface area contributed by atoms with Gasteiger partial charge in [0.15, 0.2) is 0 Å². The third-order valence-electron chi connectivity index (χ3n) is 2.91. The molecule has 0 aromatic carbocycles. The van der Waals surface area contributed by atoms with Crippen LogP contribution in [0.1, 0.15) is 36.0 Å². The predicted octanol–water partition coefficient (Wildman–Crippen LogP) is 2.25. The van der Waals surface area contributed by atoms with Gasteiger partial charge in [0.05, 0.1) is 11.0 Å². The van der Waals surface area contributed by atoms with E-state index in [0.29, 0.717) is 0 Å². The van der Waals surface area contributed by atoms with Crippen LogP contribution in [0.3, 0.4) is 0 Å². The largest absolute Gasteiger partial charge is 0.300 e. The number of hydrogen-bond donors (Lipinski definition) is 1. The van der Waals surface area contributed by atoms with Gasteiger partial charge in [-0.1, -0.05) is 24.4 Å². The van der Waals surface area contributed by atoms with Gasteiger partial charge in [-0.05, 0) is 18.9 Å². The first-order valence-electron chi connectivity index (χ1n) is 5.84. The molecule has 0 radical (unpaired) electrons. The third kappa shape index (κ3) is 3.39. The van der Waals surface area contributed by atoms with Crippen LogP contribution in [0.5, 0.6) is 0 Å². The van der Waals surface area contributed by atoms with Crippen LogP contribution in [0.25, 0.3) is 0 Å². The molecular formula is C11H12ClN3O4. The summed E-state index contributed by atoms with van der Waals surface area (Å²) in [5, 5.41) is 10.8. The minimum atomic E-state index is -0.692. The molecule has 0 unspecified atom stereocenters. The van der Waals surface area contributed by atoms with Crippen molar-refractivity contribution in [2.24, 2.45) is 0 Å². The van der Waals surface area contributed by atoms with E-state index in [2.05, 4.69) is 10.5 Å². The topological polar surface area (TPSA) is 94.4 Å². The fourth-order valence-electron chi connectivity index (χ4n) is 1.95. The van der Waals surface area contributed by atoms with E-state index in [1.165, 1.54) is 0 Å². The maximum atomic E-state index is 11.9. The van der Waals surface area contributed by atoms with Crippen LogP contribution >= 0.6 is 11.6 Å². The average molecular weight is 286 g/mol. The van der Waals surface area contributed by atoms with E-state index in [1.54, 1.807) is 0 Å². The molecule has 1 aromatic heterocycles. The van der Waals surface area contributed by atoms with Gasteiger partial charge in [-0.15, -0.1) is 0 Å². The van der Waals surface area contributed by atoms with Crippen molar-refractivity contribution in [1.29, 1.82) is 0 Å². The minimum Gasteiger partial charge on any atom is -0.270 e. The summed E-state index contributed by atoms with van der Waals surface area (Å²) in [6, 6.07) is 1.15. The second-order valence-corrected chi connectivity index (χ2v) is 4.62. The molecule has 1 aliphatic rings. The number of hydrogen-bond acceptors (Lipinski definition) is 5. The average Bonchev–Trinajstić information content (AvgIpc) is 2.88. The van der Waals surface area contributed by atoms with Gasteiger partial charge in [0, 0.05) is 0 Å². The summed E-state index contributed by atoms with van der Waals surface area (Å²) >= 11 is 5.64. The molecule has 1 heterocycles. The van der Waals surface area contributed by atoms with E-state index < -0.39 is 16.5 Å². The third-order valence-corrected chi connectivity index (χ3v) is 3.12. The Bertz CT molecular complexity index is 503. The first-order valence-corrected chi connectivity index (χ1v) is 6.21. The van der Waals surface area contributed by atoms with Gasteiger partial charge in [0.2, 0.25) is 0 Å². The van der Waals surface area contributed by atoms with E-state index in [-0.39, 0.29) is 16.8 Å². The molecule has 1 aliphatic carbocycles. The van der Waals surface area contributed by atoms with Crippen LogP contribution in [-0.4, -0.2) is 21.9 Å².